The standard InChI is InChI=1S/C13H14BrNO5/c14-7-1-3-10(16)9(5-7)12(17)15-6-8-2-4-11(20-8)13(18)19/h1,3,5,8,11,16H,2,4,6H2,(H,15,17)(H,18,19). The molecule has 7 heteroatoms. The van der Waals surface area contributed by atoms with E-state index in [1.807, 2.05) is 0 Å². The maximum Gasteiger partial charge on any atom is 0.332 e. The van der Waals surface area contributed by atoms with Gasteiger partial charge < -0.3 is 20.3 Å². The number of carbonyl (C=O) groups excluding carboxylic acids is 1. The highest BCUT2D eigenvalue weighted by molar-refractivity contribution is 9.10. The van der Waals surface area contributed by atoms with Crippen molar-refractivity contribution >= 4 is 27.8 Å². The second kappa shape index (κ2) is 6.23. The van der Waals surface area contributed by atoms with Crippen LogP contribution < -0.4 is 5.32 Å². The van der Waals surface area contributed by atoms with Crippen molar-refractivity contribution in [3.63, 3.8) is 0 Å². The summed E-state index contributed by atoms with van der Waals surface area (Å²) in [6.07, 6.45) is -0.0785. The molecule has 0 spiro atoms. The Morgan fingerprint density at radius 2 is 2.15 bits per heavy atom. The summed E-state index contributed by atoms with van der Waals surface area (Å²) in [5.74, 6) is -1.52. The lowest BCUT2D eigenvalue weighted by Gasteiger charge is -2.13. The molecule has 1 heterocycles. The van der Waals surface area contributed by atoms with Gasteiger partial charge in [0.05, 0.1) is 11.7 Å². The topological polar surface area (TPSA) is 95.9 Å². The molecular formula is C13H14BrNO5. The summed E-state index contributed by atoms with van der Waals surface area (Å²) in [7, 11) is 0. The zero-order valence-corrected chi connectivity index (χ0v) is 12.1. The van der Waals surface area contributed by atoms with Crippen LogP contribution in [0.3, 0.4) is 0 Å². The molecule has 108 valence electrons. The molecule has 1 amide bonds. The molecule has 6 nitrogen and oxygen atoms in total. The van der Waals surface area contributed by atoms with Crippen LogP contribution in [-0.4, -0.2) is 40.8 Å². The monoisotopic (exact) mass is 343 g/mol. The molecule has 0 bridgehead atoms. The van der Waals surface area contributed by atoms with E-state index in [1.54, 1.807) is 6.07 Å². The van der Waals surface area contributed by atoms with Gasteiger partial charge in [0.25, 0.3) is 5.91 Å². The van der Waals surface area contributed by atoms with E-state index in [0.29, 0.717) is 17.3 Å². The number of aromatic hydroxyl groups is 1. The number of rotatable bonds is 4. The molecular weight excluding hydrogens is 330 g/mol. The van der Waals surface area contributed by atoms with Gasteiger partial charge in [-0.2, -0.15) is 0 Å². The van der Waals surface area contributed by atoms with E-state index in [2.05, 4.69) is 21.2 Å². The molecule has 2 atom stereocenters. The van der Waals surface area contributed by atoms with Crippen molar-refractivity contribution in [2.75, 3.05) is 6.54 Å². The van der Waals surface area contributed by atoms with Gasteiger partial charge in [-0.1, -0.05) is 15.9 Å². The van der Waals surface area contributed by atoms with Gasteiger partial charge in [-0.3, -0.25) is 4.79 Å². The fourth-order valence-corrected chi connectivity index (χ4v) is 2.39. The normalized spacial score (nSPS) is 21.6. The Morgan fingerprint density at radius 1 is 1.40 bits per heavy atom. The average Bonchev–Trinajstić information content (AvgIpc) is 2.88. The Balaban J connectivity index is 1.90. The highest BCUT2D eigenvalue weighted by Crippen LogP contribution is 2.22. The van der Waals surface area contributed by atoms with Gasteiger partial charge in [0.2, 0.25) is 0 Å². The molecule has 1 saturated heterocycles. The minimum Gasteiger partial charge on any atom is -0.507 e. The fourth-order valence-electron chi connectivity index (χ4n) is 2.03. The molecule has 1 aliphatic heterocycles. The van der Waals surface area contributed by atoms with Crippen LogP contribution in [0.25, 0.3) is 0 Å². The third kappa shape index (κ3) is 3.49. The summed E-state index contributed by atoms with van der Waals surface area (Å²) >= 11 is 3.22. The molecule has 1 aromatic carbocycles. The summed E-state index contributed by atoms with van der Waals surface area (Å²) in [5.41, 5.74) is 0.159. The van der Waals surface area contributed by atoms with Crippen molar-refractivity contribution < 1.29 is 24.5 Å². The molecule has 0 aromatic heterocycles. The Labute approximate surface area is 123 Å². The zero-order valence-electron chi connectivity index (χ0n) is 10.5. The molecule has 0 aliphatic carbocycles. The Kier molecular flexibility index (Phi) is 4.61. The van der Waals surface area contributed by atoms with Gasteiger partial charge >= 0.3 is 5.97 Å². The summed E-state index contributed by atoms with van der Waals surface area (Å²) in [6, 6.07) is 4.56. The third-order valence-corrected chi connectivity index (χ3v) is 3.57. The van der Waals surface area contributed by atoms with Crippen molar-refractivity contribution in [1.29, 1.82) is 0 Å². The molecule has 1 aromatic rings. The van der Waals surface area contributed by atoms with Crippen LogP contribution in [0.5, 0.6) is 5.75 Å². The van der Waals surface area contributed by atoms with E-state index < -0.39 is 18.0 Å². The largest absolute Gasteiger partial charge is 0.507 e. The van der Waals surface area contributed by atoms with E-state index in [4.69, 9.17) is 9.84 Å². The minimum atomic E-state index is -0.983. The predicted octanol–water partition coefficient (Wildman–Crippen LogP) is 1.52. The van der Waals surface area contributed by atoms with E-state index in [0.717, 1.165) is 0 Å². The van der Waals surface area contributed by atoms with E-state index in [1.165, 1.54) is 12.1 Å². The Hall–Kier alpha value is -1.60. The second-order valence-electron chi connectivity index (χ2n) is 4.53. The smallest absolute Gasteiger partial charge is 0.332 e. The number of hydrogen-bond acceptors (Lipinski definition) is 4. The number of carboxylic acid groups (broad SMARTS) is 1. The number of carbonyl (C=O) groups is 2. The van der Waals surface area contributed by atoms with E-state index in [-0.39, 0.29) is 24.0 Å². The fraction of sp³-hybridized carbons (Fsp3) is 0.385. The van der Waals surface area contributed by atoms with Gasteiger partial charge in [0, 0.05) is 11.0 Å². The van der Waals surface area contributed by atoms with Gasteiger partial charge in [-0.25, -0.2) is 4.79 Å². The number of amides is 1. The maximum atomic E-state index is 11.9. The number of benzene rings is 1. The van der Waals surface area contributed by atoms with Crippen LogP contribution in [0.2, 0.25) is 0 Å². The van der Waals surface area contributed by atoms with Crippen molar-refractivity contribution in [1.82, 2.24) is 5.32 Å². The van der Waals surface area contributed by atoms with Gasteiger partial charge in [0.1, 0.15) is 5.75 Å². The number of ether oxygens (including phenoxy) is 1. The summed E-state index contributed by atoms with van der Waals surface area (Å²) in [5, 5.41) is 21.1. The Bertz CT molecular complexity index is 533. The van der Waals surface area contributed by atoms with E-state index >= 15 is 0 Å². The first-order chi connectivity index (χ1) is 9.47. The highest BCUT2D eigenvalue weighted by atomic mass is 79.9. The molecule has 20 heavy (non-hydrogen) atoms. The number of halogens is 1. The molecule has 0 saturated carbocycles. The molecule has 1 aliphatic rings. The van der Waals surface area contributed by atoms with Crippen LogP contribution in [0.1, 0.15) is 23.2 Å². The minimum absolute atomic E-state index is 0.110. The first kappa shape index (κ1) is 14.8. The van der Waals surface area contributed by atoms with Crippen molar-refractivity contribution in [2.45, 2.75) is 25.0 Å². The molecule has 2 rings (SSSR count). The SMILES string of the molecule is O=C(NCC1CCC(C(=O)O)O1)c1cc(Br)ccc1O. The first-order valence-corrected chi connectivity index (χ1v) is 6.91. The lowest BCUT2D eigenvalue weighted by Crippen LogP contribution is -2.33. The van der Waals surface area contributed by atoms with Gasteiger partial charge in [0.15, 0.2) is 6.10 Å². The van der Waals surface area contributed by atoms with Gasteiger partial charge in [-0.15, -0.1) is 0 Å². The second-order valence-corrected chi connectivity index (χ2v) is 5.45. The number of hydrogen-bond donors (Lipinski definition) is 3. The van der Waals surface area contributed by atoms with Crippen LogP contribution in [0.15, 0.2) is 22.7 Å². The quantitative estimate of drug-likeness (QED) is 0.770. The van der Waals surface area contributed by atoms with E-state index in [9.17, 15) is 14.7 Å². The van der Waals surface area contributed by atoms with Gasteiger partial charge in [-0.05, 0) is 31.0 Å². The molecule has 0 radical (unpaired) electrons. The van der Waals surface area contributed by atoms with Crippen LogP contribution >= 0.6 is 15.9 Å². The lowest BCUT2D eigenvalue weighted by molar-refractivity contribution is -0.149. The molecule has 3 N–H and O–H groups in total. The summed E-state index contributed by atoms with van der Waals surface area (Å²) < 4.78 is 5.96. The highest BCUT2D eigenvalue weighted by Gasteiger charge is 2.30. The van der Waals surface area contributed by atoms with Crippen molar-refractivity contribution in [2.24, 2.45) is 0 Å². The van der Waals surface area contributed by atoms with Crippen LogP contribution in [0.4, 0.5) is 0 Å². The predicted molar refractivity (Wildman–Crippen MR) is 73.7 cm³/mol. The average molecular weight is 344 g/mol. The maximum absolute atomic E-state index is 11.9. The Morgan fingerprint density at radius 3 is 2.80 bits per heavy atom. The number of aliphatic carboxylic acids is 1. The summed E-state index contributed by atoms with van der Waals surface area (Å²) in [6.45, 7) is 0.217. The number of carboxylic acids is 1. The first-order valence-electron chi connectivity index (χ1n) is 6.12. The molecule has 1 fully saturated rings. The zero-order chi connectivity index (χ0) is 14.7. The molecule has 2 unspecified atom stereocenters. The number of phenolic OH excluding ortho intramolecular Hbond substituents is 1. The van der Waals surface area contributed by atoms with Crippen LogP contribution in [0, 0.1) is 0 Å². The van der Waals surface area contributed by atoms with Crippen molar-refractivity contribution in [3.8, 4) is 5.75 Å². The number of phenols is 1. The third-order valence-electron chi connectivity index (χ3n) is 3.08. The van der Waals surface area contributed by atoms with Crippen molar-refractivity contribution in [3.05, 3.63) is 28.2 Å². The van der Waals surface area contributed by atoms with Crippen LogP contribution in [-0.2, 0) is 9.53 Å². The lowest BCUT2D eigenvalue weighted by atomic mass is 10.1. The summed E-state index contributed by atoms with van der Waals surface area (Å²) in [4.78, 5) is 22.7. The number of nitrogens with one attached hydrogen (secondary N) is 1.